The van der Waals surface area contributed by atoms with Crippen LogP contribution >= 0.6 is 0 Å². The second-order valence-electron chi connectivity index (χ2n) is 5.62. The fourth-order valence-corrected chi connectivity index (χ4v) is 2.56. The molecule has 0 atom stereocenters. The Bertz CT molecular complexity index is 807. The molecule has 0 saturated heterocycles. The Morgan fingerprint density at radius 1 is 1.04 bits per heavy atom. The van der Waals surface area contributed by atoms with Crippen LogP contribution in [0.5, 0.6) is 17.2 Å². The van der Waals surface area contributed by atoms with Crippen molar-refractivity contribution in [1.82, 2.24) is 0 Å². The number of nitrogens with zero attached hydrogens (tertiary/aromatic N) is 1. The largest absolute Gasteiger partial charge is 0.497 e. The highest BCUT2D eigenvalue weighted by atomic mass is 16.5. The smallest absolute Gasteiger partial charge is 0.244 e. The van der Waals surface area contributed by atoms with E-state index in [2.05, 4.69) is 5.32 Å². The van der Waals surface area contributed by atoms with Crippen LogP contribution in [0.2, 0.25) is 0 Å². The molecule has 0 aliphatic rings. The Morgan fingerprint density at radius 2 is 1.78 bits per heavy atom. The number of hydrogen-bond acceptors (Lipinski definition) is 5. The molecule has 0 bridgehead atoms. The molecule has 0 radical (unpaired) electrons. The standard InChI is InChI=1S/C20H24N2O5/c1-5-27-18-9-7-6-8-16(18)21-20(24)13-22(14(2)23)17-11-10-15(25-3)12-19(17)26-4/h6-12H,5,13H2,1-4H3,(H,21,24). The Kier molecular flexibility index (Phi) is 7.05. The first-order valence-electron chi connectivity index (χ1n) is 8.52. The van der Waals surface area contributed by atoms with Crippen molar-refractivity contribution >= 4 is 23.2 Å². The maximum Gasteiger partial charge on any atom is 0.244 e. The van der Waals surface area contributed by atoms with Crippen LogP contribution < -0.4 is 24.4 Å². The number of carbonyl (C=O) groups excluding carboxylic acids is 2. The molecule has 2 amide bonds. The quantitative estimate of drug-likeness (QED) is 0.770. The van der Waals surface area contributed by atoms with Gasteiger partial charge in [-0.2, -0.15) is 0 Å². The van der Waals surface area contributed by atoms with Crippen LogP contribution in [0.15, 0.2) is 42.5 Å². The second kappa shape index (κ2) is 9.47. The summed E-state index contributed by atoms with van der Waals surface area (Å²) in [6.45, 7) is 3.57. The summed E-state index contributed by atoms with van der Waals surface area (Å²) in [6.07, 6.45) is 0. The van der Waals surface area contributed by atoms with Crippen molar-refractivity contribution in [2.24, 2.45) is 0 Å². The Morgan fingerprint density at radius 3 is 2.41 bits per heavy atom. The van der Waals surface area contributed by atoms with Crippen molar-refractivity contribution in [2.45, 2.75) is 13.8 Å². The van der Waals surface area contributed by atoms with Gasteiger partial charge in [-0.25, -0.2) is 0 Å². The lowest BCUT2D eigenvalue weighted by Gasteiger charge is -2.23. The van der Waals surface area contributed by atoms with Crippen LogP contribution in [-0.2, 0) is 9.59 Å². The highest BCUT2D eigenvalue weighted by Crippen LogP contribution is 2.32. The molecule has 1 N–H and O–H groups in total. The first kappa shape index (κ1) is 20.1. The van der Waals surface area contributed by atoms with Gasteiger partial charge in [-0.05, 0) is 31.2 Å². The van der Waals surface area contributed by atoms with Crippen LogP contribution in [0.3, 0.4) is 0 Å². The molecule has 0 saturated carbocycles. The SMILES string of the molecule is CCOc1ccccc1NC(=O)CN(C(C)=O)c1ccc(OC)cc1OC. The van der Waals surface area contributed by atoms with E-state index in [0.29, 0.717) is 35.2 Å². The number of nitrogens with one attached hydrogen (secondary N) is 1. The van der Waals surface area contributed by atoms with Gasteiger partial charge in [0, 0.05) is 13.0 Å². The summed E-state index contributed by atoms with van der Waals surface area (Å²) >= 11 is 0. The molecule has 0 unspecified atom stereocenters. The number of anilines is 2. The van der Waals surface area contributed by atoms with E-state index >= 15 is 0 Å². The monoisotopic (exact) mass is 372 g/mol. The molecule has 0 aliphatic carbocycles. The predicted octanol–water partition coefficient (Wildman–Crippen LogP) is 3.09. The van der Waals surface area contributed by atoms with E-state index in [1.54, 1.807) is 43.5 Å². The molecular formula is C20H24N2O5. The highest BCUT2D eigenvalue weighted by molar-refractivity contribution is 6.03. The summed E-state index contributed by atoms with van der Waals surface area (Å²) in [4.78, 5) is 26.1. The number of amides is 2. The normalized spacial score (nSPS) is 10.1. The van der Waals surface area contributed by atoms with Crippen LogP contribution in [0, 0.1) is 0 Å². The van der Waals surface area contributed by atoms with Crippen molar-refractivity contribution in [3.05, 3.63) is 42.5 Å². The third kappa shape index (κ3) is 5.13. The van der Waals surface area contributed by atoms with E-state index in [1.165, 1.54) is 18.9 Å². The summed E-state index contributed by atoms with van der Waals surface area (Å²) in [6, 6.07) is 12.2. The average Bonchev–Trinajstić information content (AvgIpc) is 2.67. The molecule has 2 aromatic carbocycles. The number of rotatable bonds is 8. The number of methoxy groups -OCH3 is 2. The van der Waals surface area contributed by atoms with Gasteiger partial charge in [-0.15, -0.1) is 0 Å². The zero-order valence-electron chi connectivity index (χ0n) is 15.9. The van der Waals surface area contributed by atoms with Crippen LogP contribution in [0.25, 0.3) is 0 Å². The minimum absolute atomic E-state index is 0.168. The zero-order chi connectivity index (χ0) is 19.8. The molecule has 144 valence electrons. The maximum absolute atomic E-state index is 12.6. The molecular weight excluding hydrogens is 348 g/mol. The molecule has 7 heteroatoms. The Balaban J connectivity index is 2.22. The summed E-state index contributed by atoms with van der Waals surface area (Å²) in [5.74, 6) is 0.966. The summed E-state index contributed by atoms with van der Waals surface area (Å²) in [5.41, 5.74) is 1.04. The van der Waals surface area contributed by atoms with Crippen LogP contribution in [0.1, 0.15) is 13.8 Å². The molecule has 0 fully saturated rings. The predicted molar refractivity (Wildman–Crippen MR) is 104 cm³/mol. The number of para-hydroxylation sites is 2. The topological polar surface area (TPSA) is 77.1 Å². The van der Waals surface area contributed by atoms with E-state index in [0.717, 1.165) is 0 Å². The van der Waals surface area contributed by atoms with E-state index in [1.807, 2.05) is 13.0 Å². The van der Waals surface area contributed by atoms with E-state index in [-0.39, 0.29) is 18.4 Å². The van der Waals surface area contributed by atoms with Crippen LogP contribution in [-0.4, -0.2) is 39.2 Å². The van der Waals surface area contributed by atoms with Crippen molar-refractivity contribution in [2.75, 3.05) is 37.6 Å². The number of ether oxygens (including phenoxy) is 3. The highest BCUT2D eigenvalue weighted by Gasteiger charge is 2.20. The summed E-state index contributed by atoms with van der Waals surface area (Å²) in [7, 11) is 3.04. The molecule has 2 rings (SSSR count). The third-order valence-corrected chi connectivity index (χ3v) is 3.82. The maximum atomic E-state index is 12.6. The first-order chi connectivity index (χ1) is 13.0. The lowest BCUT2D eigenvalue weighted by Crippen LogP contribution is -2.37. The molecule has 27 heavy (non-hydrogen) atoms. The van der Waals surface area contributed by atoms with Crippen molar-refractivity contribution < 1.29 is 23.8 Å². The van der Waals surface area contributed by atoms with Gasteiger partial charge in [0.1, 0.15) is 23.8 Å². The van der Waals surface area contributed by atoms with Gasteiger partial charge in [0.25, 0.3) is 0 Å². The Labute approximate surface area is 158 Å². The number of hydrogen-bond donors (Lipinski definition) is 1. The summed E-state index contributed by atoms with van der Waals surface area (Å²) < 4.78 is 16.0. The lowest BCUT2D eigenvalue weighted by molar-refractivity contribution is -0.120. The molecule has 0 aromatic heterocycles. The summed E-state index contributed by atoms with van der Waals surface area (Å²) in [5, 5.41) is 2.79. The molecule has 2 aromatic rings. The minimum Gasteiger partial charge on any atom is -0.497 e. The number of benzene rings is 2. The lowest BCUT2D eigenvalue weighted by atomic mass is 10.2. The van der Waals surface area contributed by atoms with E-state index in [9.17, 15) is 9.59 Å². The van der Waals surface area contributed by atoms with Crippen molar-refractivity contribution in [3.63, 3.8) is 0 Å². The van der Waals surface area contributed by atoms with Gasteiger partial charge in [0.05, 0.1) is 32.2 Å². The van der Waals surface area contributed by atoms with Gasteiger partial charge in [-0.1, -0.05) is 12.1 Å². The Hall–Kier alpha value is -3.22. The molecule has 0 heterocycles. The van der Waals surface area contributed by atoms with Gasteiger partial charge < -0.3 is 19.5 Å². The van der Waals surface area contributed by atoms with E-state index in [4.69, 9.17) is 14.2 Å². The third-order valence-electron chi connectivity index (χ3n) is 3.82. The molecule has 7 nitrogen and oxygen atoms in total. The van der Waals surface area contributed by atoms with Gasteiger partial charge in [0.2, 0.25) is 11.8 Å². The van der Waals surface area contributed by atoms with Crippen molar-refractivity contribution in [3.8, 4) is 17.2 Å². The first-order valence-corrected chi connectivity index (χ1v) is 8.52. The molecule has 0 spiro atoms. The van der Waals surface area contributed by atoms with Gasteiger partial charge >= 0.3 is 0 Å². The fraction of sp³-hybridized carbons (Fsp3) is 0.300. The average molecular weight is 372 g/mol. The van der Waals surface area contributed by atoms with Crippen molar-refractivity contribution in [1.29, 1.82) is 0 Å². The fourth-order valence-electron chi connectivity index (χ4n) is 2.56. The zero-order valence-corrected chi connectivity index (χ0v) is 15.9. The van der Waals surface area contributed by atoms with Crippen LogP contribution in [0.4, 0.5) is 11.4 Å². The number of carbonyl (C=O) groups is 2. The van der Waals surface area contributed by atoms with E-state index < -0.39 is 0 Å². The van der Waals surface area contributed by atoms with Gasteiger partial charge in [0.15, 0.2) is 0 Å². The van der Waals surface area contributed by atoms with Gasteiger partial charge in [-0.3, -0.25) is 14.5 Å². The second-order valence-corrected chi connectivity index (χ2v) is 5.62. The molecule has 0 aliphatic heterocycles. The minimum atomic E-state index is -0.352.